The van der Waals surface area contributed by atoms with Gasteiger partial charge in [-0.2, -0.15) is 0 Å². The Balaban J connectivity index is 2.15. The summed E-state index contributed by atoms with van der Waals surface area (Å²) >= 11 is 0. The molecule has 1 N–H and O–H groups in total. The number of methoxy groups -OCH3 is 1. The maximum Gasteiger partial charge on any atom is 0.223 e. The molecule has 2 aromatic heterocycles. The molecule has 0 aliphatic carbocycles. The van der Waals surface area contributed by atoms with Gasteiger partial charge in [-0.25, -0.2) is 9.97 Å². The molecule has 0 aromatic carbocycles. The van der Waals surface area contributed by atoms with Gasteiger partial charge >= 0.3 is 0 Å². The normalized spacial score (nSPS) is 12.1. The third kappa shape index (κ3) is 3.24. The quantitative estimate of drug-likeness (QED) is 0.871. The lowest BCUT2D eigenvalue weighted by atomic mass is 10.2. The summed E-state index contributed by atoms with van der Waals surface area (Å²) in [5.74, 6) is 0.586. The highest BCUT2D eigenvalue weighted by molar-refractivity contribution is 5.54. The molecular formula is C13H16N4O. The Morgan fingerprint density at radius 1 is 1.17 bits per heavy atom. The van der Waals surface area contributed by atoms with Crippen LogP contribution in [0.3, 0.4) is 0 Å². The fraction of sp³-hybridized carbons (Fsp3) is 0.308. The molecule has 0 aliphatic heterocycles. The van der Waals surface area contributed by atoms with Gasteiger partial charge in [0.2, 0.25) is 5.95 Å². The molecule has 0 unspecified atom stereocenters. The van der Waals surface area contributed by atoms with Crippen LogP contribution in [0.2, 0.25) is 0 Å². The van der Waals surface area contributed by atoms with Crippen molar-refractivity contribution >= 4 is 5.95 Å². The first kappa shape index (κ1) is 12.4. The second-order valence-electron chi connectivity index (χ2n) is 3.98. The molecule has 94 valence electrons. The molecule has 0 aliphatic rings. The van der Waals surface area contributed by atoms with Crippen molar-refractivity contribution < 1.29 is 4.74 Å². The van der Waals surface area contributed by atoms with Crippen molar-refractivity contribution in [1.29, 1.82) is 0 Å². The number of ether oxygens (including phenoxy) is 1. The number of nitrogens with one attached hydrogen (secondary N) is 1. The van der Waals surface area contributed by atoms with Crippen LogP contribution >= 0.6 is 0 Å². The van der Waals surface area contributed by atoms with E-state index in [1.807, 2.05) is 31.2 Å². The Hall–Kier alpha value is -2.01. The largest absolute Gasteiger partial charge is 0.383 e. The van der Waals surface area contributed by atoms with Gasteiger partial charge in [-0.15, -0.1) is 0 Å². The minimum Gasteiger partial charge on any atom is -0.383 e. The van der Waals surface area contributed by atoms with Gasteiger partial charge in [-0.05, 0) is 25.1 Å². The van der Waals surface area contributed by atoms with Crippen LogP contribution in [-0.2, 0) is 4.74 Å². The van der Waals surface area contributed by atoms with Gasteiger partial charge in [0.15, 0.2) is 0 Å². The van der Waals surface area contributed by atoms with E-state index in [4.69, 9.17) is 4.74 Å². The average Bonchev–Trinajstić information content (AvgIpc) is 2.40. The topological polar surface area (TPSA) is 59.9 Å². The van der Waals surface area contributed by atoms with Gasteiger partial charge in [-0.1, -0.05) is 6.07 Å². The van der Waals surface area contributed by atoms with Crippen LogP contribution < -0.4 is 5.32 Å². The molecule has 2 heterocycles. The highest BCUT2D eigenvalue weighted by Crippen LogP contribution is 2.14. The number of aromatic nitrogens is 3. The van der Waals surface area contributed by atoms with E-state index >= 15 is 0 Å². The van der Waals surface area contributed by atoms with Crippen LogP contribution in [0.4, 0.5) is 5.95 Å². The second-order valence-corrected chi connectivity index (χ2v) is 3.98. The van der Waals surface area contributed by atoms with Gasteiger partial charge in [0.05, 0.1) is 18.0 Å². The first-order valence-corrected chi connectivity index (χ1v) is 5.79. The maximum absolute atomic E-state index is 5.06. The SMILES string of the molecule is COC[C@@H](C)Nc1nccc(-c2ccccn2)n1. The van der Waals surface area contributed by atoms with E-state index in [2.05, 4.69) is 20.3 Å². The van der Waals surface area contributed by atoms with E-state index in [-0.39, 0.29) is 6.04 Å². The molecule has 1 atom stereocenters. The first-order chi connectivity index (χ1) is 8.79. The van der Waals surface area contributed by atoms with Crippen molar-refractivity contribution in [3.63, 3.8) is 0 Å². The lowest BCUT2D eigenvalue weighted by Gasteiger charge is -2.12. The second kappa shape index (κ2) is 6.07. The molecule has 0 fully saturated rings. The van der Waals surface area contributed by atoms with E-state index in [0.717, 1.165) is 11.4 Å². The van der Waals surface area contributed by atoms with Gasteiger partial charge in [0.1, 0.15) is 0 Å². The molecule has 0 saturated heterocycles. The summed E-state index contributed by atoms with van der Waals surface area (Å²) in [6.45, 7) is 2.62. The summed E-state index contributed by atoms with van der Waals surface area (Å²) in [7, 11) is 1.67. The average molecular weight is 244 g/mol. The third-order valence-electron chi connectivity index (χ3n) is 2.38. The molecule has 0 bridgehead atoms. The van der Waals surface area contributed by atoms with Gasteiger partial charge in [-0.3, -0.25) is 4.98 Å². The van der Waals surface area contributed by atoms with Crippen LogP contribution in [0.25, 0.3) is 11.4 Å². The Morgan fingerprint density at radius 2 is 2.06 bits per heavy atom. The highest BCUT2D eigenvalue weighted by Gasteiger charge is 2.05. The van der Waals surface area contributed by atoms with Crippen LogP contribution in [0, 0.1) is 0 Å². The summed E-state index contributed by atoms with van der Waals surface area (Å²) in [5.41, 5.74) is 1.64. The van der Waals surface area contributed by atoms with Crippen molar-refractivity contribution in [1.82, 2.24) is 15.0 Å². The summed E-state index contributed by atoms with van der Waals surface area (Å²) in [5, 5.41) is 3.18. The number of rotatable bonds is 5. The van der Waals surface area contributed by atoms with Gasteiger partial charge in [0.25, 0.3) is 0 Å². The molecule has 0 amide bonds. The predicted molar refractivity (Wildman–Crippen MR) is 70.2 cm³/mol. The summed E-state index contributed by atoms with van der Waals surface area (Å²) in [4.78, 5) is 12.9. The molecule has 18 heavy (non-hydrogen) atoms. The van der Waals surface area contributed by atoms with Crippen molar-refractivity contribution in [3.05, 3.63) is 36.7 Å². The van der Waals surface area contributed by atoms with Crippen LogP contribution in [0.5, 0.6) is 0 Å². The zero-order valence-corrected chi connectivity index (χ0v) is 10.5. The van der Waals surface area contributed by atoms with Crippen LogP contribution in [-0.4, -0.2) is 34.7 Å². The van der Waals surface area contributed by atoms with Crippen LogP contribution in [0.1, 0.15) is 6.92 Å². The fourth-order valence-electron chi connectivity index (χ4n) is 1.60. The Labute approximate surface area is 106 Å². The summed E-state index contributed by atoms with van der Waals surface area (Å²) in [6, 6.07) is 7.74. The Morgan fingerprint density at radius 3 is 2.78 bits per heavy atom. The van der Waals surface area contributed by atoms with E-state index in [0.29, 0.717) is 12.6 Å². The predicted octanol–water partition coefficient (Wildman–Crippen LogP) is 1.99. The van der Waals surface area contributed by atoms with E-state index in [1.54, 1.807) is 19.5 Å². The van der Waals surface area contributed by atoms with Crippen molar-refractivity contribution in [2.24, 2.45) is 0 Å². The highest BCUT2D eigenvalue weighted by atomic mass is 16.5. The first-order valence-electron chi connectivity index (χ1n) is 5.79. The lowest BCUT2D eigenvalue weighted by Crippen LogP contribution is -2.22. The number of hydrogen-bond acceptors (Lipinski definition) is 5. The molecule has 5 nitrogen and oxygen atoms in total. The number of pyridine rings is 1. The van der Waals surface area contributed by atoms with Gasteiger partial charge in [0, 0.05) is 25.5 Å². The molecule has 2 aromatic rings. The summed E-state index contributed by atoms with van der Waals surface area (Å²) in [6.07, 6.45) is 3.47. The van der Waals surface area contributed by atoms with Gasteiger partial charge < -0.3 is 10.1 Å². The number of hydrogen-bond donors (Lipinski definition) is 1. The molecule has 0 radical (unpaired) electrons. The van der Waals surface area contributed by atoms with E-state index < -0.39 is 0 Å². The number of anilines is 1. The van der Waals surface area contributed by atoms with Crippen molar-refractivity contribution in [2.45, 2.75) is 13.0 Å². The monoisotopic (exact) mass is 244 g/mol. The molecule has 2 rings (SSSR count). The standard InChI is InChI=1S/C13H16N4O/c1-10(9-18-2)16-13-15-8-6-12(17-13)11-5-3-4-7-14-11/h3-8,10H,9H2,1-2H3,(H,15,16,17)/t10-/m1/s1. The smallest absolute Gasteiger partial charge is 0.223 e. The fourth-order valence-corrected chi connectivity index (χ4v) is 1.60. The molecule has 0 spiro atoms. The number of nitrogens with zero attached hydrogens (tertiary/aromatic N) is 3. The summed E-state index contributed by atoms with van der Waals surface area (Å²) < 4.78 is 5.06. The Bertz CT molecular complexity index is 489. The van der Waals surface area contributed by atoms with E-state index in [1.165, 1.54) is 0 Å². The van der Waals surface area contributed by atoms with E-state index in [9.17, 15) is 0 Å². The van der Waals surface area contributed by atoms with Crippen molar-refractivity contribution in [2.75, 3.05) is 19.0 Å². The molecular weight excluding hydrogens is 228 g/mol. The maximum atomic E-state index is 5.06. The zero-order valence-electron chi connectivity index (χ0n) is 10.5. The molecule has 5 heteroatoms. The van der Waals surface area contributed by atoms with Crippen LogP contribution in [0.15, 0.2) is 36.7 Å². The minimum atomic E-state index is 0.161. The zero-order chi connectivity index (χ0) is 12.8. The molecule has 0 saturated carbocycles. The third-order valence-corrected chi connectivity index (χ3v) is 2.38. The van der Waals surface area contributed by atoms with Crippen molar-refractivity contribution in [3.8, 4) is 11.4 Å². The minimum absolute atomic E-state index is 0.161. The lowest BCUT2D eigenvalue weighted by molar-refractivity contribution is 0.190. The Kier molecular flexibility index (Phi) is 4.20.